The number of aromatic nitrogens is 2. The number of rotatable bonds is 9. The van der Waals surface area contributed by atoms with Crippen LogP contribution in [0.3, 0.4) is 0 Å². The summed E-state index contributed by atoms with van der Waals surface area (Å²) in [6, 6.07) is 8.26. The van der Waals surface area contributed by atoms with Gasteiger partial charge in [0.15, 0.2) is 5.82 Å². The summed E-state index contributed by atoms with van der Waals surface area (Å²) in [4.78, 5) is 18.4. The highest BCUT2D eigenvalue weighted by molar-refractivity contribution is 6.11. The predicted molar refractivity (Wildman–Crippen MR) is 144 cm³/mol. The molecular formula is C28H37N5O. The number of hydrogen-bond acceptors (Lipinski definition) is 6. The number of aliphatic hydroxyl groups excluding tert-OH is 1. The first-order valence-electron chi connectivity index (χ1n) is 12.0. The van der Waals surface area contributed by atoms with Crippen LogP contribution in [0.2, 0.25) is 0 Å². The minimum absolute atomic E-state index is 0.197. The lowest BCUT2D eigenvalue weighted by Crippen LogP contribution is -2.38. The highest BCUT2D eigenvalue weighted by Gasteiger charge is 2.24. The number of hydrogen-bond donors (Lipinski definition) is 1. The van der Waals surface area contributed by atoms with Gasteiger partial charge in [0.05, 0.1) is 0 Å². The van der Waals surface area contributed by atoms with Gasteiger partial charge in [-0.25, -0.2) is 9.97 Å². The highest BCUT2D eigenvalue weighted by Crippen LogP contribution is 2.31. The average Bonchev–Trinajstić information content (AvgIpc) is 2.86. The van der Waals surface area contributed by atoms with Gasteiger partial charge in [-0.2, -0.15) is 0 Å². The fourth-order valence-corrected chi connectivity index (χ4v) is 4.32. The molecule has 0 amide bonds. The van der Waals surface area contributed by atoms with E-state index in [4.69, 9.17) is 9.97 Å². The largest absolute Gasteiger partial charge is 0.396 e. The van der Waals surface area contributed by atoms with Crippen molar-refractivity contribution in [2.24, 2.45) is 10.9 Å². The van der Waals surface area contributed by atoms with Crippen LogP contribution >= 0.6 is 0 Å². The molecule has 6 heteroatoms. The van der Waals surface area contributed by atoms with Gasteiger partial charge in [0.25, 0.3) is 0 Å². The molecule has 0 saturated carbocycles. The molecule has 1 aromatic carbocycles. The van der Waals surface area contributed by atoms with E-state index < -0.39 is 0 Å². The van der Waals surface area contributed by atoms with E-state index >= 15 is 0 Å². The molecular weight excluding hydrogens is 422 g/mol. The zero-order valence-electron chi connectivity index (χ0n) is 20.9. The van der Waals surface area contributed by atoms with E-state index in [-0.39, 0.29) is 12.5 Å². The molecule has 1 aliphatic heterocycles. The number of piperidine rings is 1. The molecule has 1 N–H and O–H groups in total. The van der Waals surface area contributed by atoms with Crippen molar-refractivity contribution in [2.45, 2.75) is 26.2 Å². The summed E-state index contributed by atoms with van der Waals surface area (Å²) in [5.74, 6) is 1.85. The van der Waals surface area contributed by atoms with E-state index in [1.807, 2.05) is 49.6 Å². The molecule has 0 spiro atoms. The maximum absolute atomic E-state index is 9.79. The van der Waals surface area contributed by atoms with Crippen LogP contribution < -0.4 is 4.90 Å². The van der Waals surface area contributed by atoms with Crippen molar-refractivity contribution in [3.05, 3.63) is 66.5 Å². The molecule has 6 nitrogen and oxygen atoms in total. The summed E-state index contributed by atoms with van der Waals surface area (Å²) in [6.45, 7) is 7.99. The number of allylic oxidation sites excluding steroid dienone is 4. The van der Waals surface area contributed by atoms with Crippen LogP contribution in [0.1, 0.15) is 37.3 Å². The fraction of sp³-hybridized carbons (Fsp3) is 0.393. The van der Waals surface area contributed by atoms with E-state index in [2.05, 4.69) is 47.8 Å². The first-order chi connectivity index (χ1) is 16.5. The van der Waals surface area contributed by atoms with Gasteiger partial charge in [-0.3, -0.25) is 4.99 Å². The Hall–Kier alpha value is -3.25. The standard InChI is InChI=1S/C28H37N5O/c1-6-10-25(16-29-3)26-17-30-27(31-28(26)33-14-9-11-21(18-33)20-34)24-13-8-12-23(15-24)22(7-2)19-32(4)5/h7-8,10,12-13,15-17,19,21,34H,2,6,9,11,14,18,20H2,1,3-5H3/b22-19+,25-10+,29-16?. The Bertz CT molecular complexity index is 1070. The highest BCUT2D eigenvalue weighted by atomic mass is 16.3. The number of aliphatic imine (C=N–C) groups is 1. The zero-order chi connectivity index (χ0) is 24.5. The topological polar surface area (TPSA) is 64.9 Å². The maximum Gasteiger partial charge on any atom is 0.161 e. The summed E-state index contributed by atoms with van der Waals surface area (Å²) in [5.41, 5.74) is 5.06. The van der Waals surface area contributed by atoms with Gasteiger partial charge in [-0.05, 0) is 42.4 Å². The van der Waals surface area contributed by atoms with Crippen molar-refractivity contribution in [1.29, 1.82) is 0 Å². The van der Waals surface area contributed by atoms with Crippen molar-refractivity contribution in [1.82, 2.24) is 14.9 Å². The number of nitrogens with zero attached hydrogens (tertiary/aromatic N) is 5. The Balaban J connectivity index is 2.11. The second kappa shape index (κ2) is 12.3. The molecule has 1 saturated heterocycles. The van der Waals surface area contributed by atoms with Gasteiger partial charge < -0.3 is 14.9 Å². The van der Waals surface area contributed by atoms with Crippen LogP contribution in [0.25, 0.3) is 22.5 Å². The molecule has 1 aliphatic rings. The van der Waals surface area contributed by atoms with E-state index in [1.54, 1.807) is 7.05 Å². The summed E-state index contributed by atoms with van der Waals surface area (Å²) in [5, 5.41) is 9.79. The van der Waals surface area contributed by atoms with E-state index in [0.717, 1.165) is 66.0 Å². The molecule has 34 heavy (non-hydrogen) atoms. The quantitative estimate of drug-likeness (QED) is 0.425. The second-order valence-electron chi connectivity index (χ2n) is 8.86. The van der Waals surface area contributed by atoms with E-state index in [9.17, 15) is 5.11 Å². The zero-order valence-corrected chi connectivity index (χ0v) is 20.9. The summed E-state index contributed by atoms with van der Waals surface area (Å²) in [7, 11) is 5.78. The Kier molecular flexibility index (Phi) is 9.16. The van der Waals surface area contributed by atoms with Gasteiger partial charge >= 0.3 is 0 Å². The second-order valence-corrected chi connectivity index (χ2v) is 8.86. The third kappa shape index (κ3) is 6.20. The lowest BCUT2D eigenvalue weighted by Gasteiger charge is -2.34. The SMILES string of the molecule is C=C/C(=C\N(C)C)c1cccc(-c2ncc(/C(C=NC)=C/CC)c(N3CCCC(CO)C3)n2)c1. The van der Waals surface area contributed by atoms with Gasteiger partial charge in [0.1, 0.15) is 5.82 Å². The summed E-state index contributed by atoms with van der Waals surface area (Å²) >= 11 is 0. The molecule has 1 aromatic heterocycles. The predicted octanol–water partition coefficient (Wildman–Crippen LogP) is 4.93. The van der Waals surface area contributed by atoms with Crippen molar-refractivity contribution < 1.29 is 5.11 Å². The first-order valence-corrected chi connectivity index (χ1v) is 12.0. The van der Waals surface area contributed by atoms with Gasteiger partial charge in [0, 0.05) is 76.2 Å². The molecule has 180 valence electrons. The minimum atomic E-state index is 0.197. The fourth-order valence-electron chi connectivity index (χ4n) is 4.32. The van der Waals surface area contributed by atoms with Gasteiger partial charge in [0.2, 0.25) is 0 Å². The number of aliphatic hydroxyl groups is 1. The van der Waals surface area contributed by atoms with Crippen LogP contribution in [0, 0.1) is 5.92 Å². The van der Waals surface area contributed by atoms with Crippen LogP contribution in [0.15, 0.2) is 60.4 Å². The van der Waals surface area contributed by atoms with Gasteiger partial charge in [-0.1, -0.05) is 43.9 Å². The van der Waals surface area contributed by atoms with Crippen molar-refractivity contribution >= 4 is 23.2 Å². The molecule has 2 aromatic rings. The average molecular weight is 460 g/mol. The third-order valence-corrected chi connectivity index (χ3v) is 5.92. The molecule has 0 bridgehead atoms. The third-order valence-electron chi connectivity index (χ3n) is 5.92. The molecule has 0 radical (unpaired) electrons. The van der Waals surface area contributed by atoms with Crippen molar-refractivity contribution in [2.75, 3.05) is 45.7 Å². The monoisotopic (exact) mass is 459 g/mol. The van der Waals surface area contributed by atoms with Crippen LogP contribution in [0.5, 0.6) is 0 Å². The molecule has 2 heterocycles. The summed E-state index contributed by atoms with van der Waals surface area (Å²) in [6.07, 6.45) is 12.8. The van der Waals surface area contributed by atoms with Crippen molar-refractivity contribution in [3.8, 4) is 11.4 Å². The first kappa shape index (κ1) is 25.4. The Morgan fingerprint density at radius 1 is 1.32 bits per heavy atom. The van der Waals surface area contributed by atoms with Crippen LogP contribution in [-0.4, -0.2) is 67.0 Å². The lowest BCUT2D eigenvalue weighted by atomic mass is 9.98. The lowest BCUT2D eigenvalue weighted by molar-refractivity contribution is 0.208. The molecule has 1 unspecified atom stereocenters. The Morgan fingerprint density at radius 3 is 2.82 bits per heavy atom. The van der Waals surface area contributed by atoms with Crippen LogP contribution in [-0.2, 0) is 0 Å². The Labute approximate surface area is 204 Å². The molecule has 1 atom stereocenters. The summed E-state index contributed by atoms with van der Waals surface area (Å²) < 4.78 is 0. The number of anilines is 1. The normalized spacial score (nSPS) is 17.3. The minimum Gasteiger partial charge on any atom is -0.396 e. The van der Waals surface area contributed by atoms with Crippen LogP contribution in [0.4, 0.5) is 5.82 Å². The number of benzene rings is 1. The Morgan fingerprint density at radius 2 is 2.15 bits per heavy atom. The smallest absolute Gasteiger partial charge is 0.161 e. The molecule has 0 aliphatic carbocycles. The van der Waals surface area contributed by atoms with Crippen molar-refractivity contribution in [3.63, 3.8) is 0 Å². The maximum atomic E-state index is 9.79. The molecule has 3 rings (SSSR count). The van der Waals surface area contributed by atoms with Gasteiger partial charge in [-0.15, -0.1) is 0 Å². The van der Waals surface area contributed by atoms with E-state index in [1.165, 1.54) is 0 Å². The molecule has 1 fully saturated rings. The van der Waals surface area contributed by atoms with E-state index in [0.29, 0.717) is 5.82 Å².